The van der Waals surface area contributed by atoms with Gasteiger partial charge in [0.05, 0.1) is 13.2 Å². The fourth-order valence-electron chi connectivity index (χ4n) is 3.29. The summed E-state index contributed by atoms with van der Waals surface area (Å²) in [5.74, 6) is 0.810. The van der Waals surface area contributed by atoms with Gasteiger partial charge in [-0.2, -0.15) is 4.98 Å². The quantitative estimate of drug-likeness (QED) is 0.496. The fraction of sp³-hybridized carbons (Fsp3) is 0.455. The molecule has 0 amide bonds. The van der Waals surface area contributed by atoms with Crippen molar-refractivity contribution < 1.29 is 9.47 Å². The molecule has 2 aromatic heterocycles. The molecule has 2 heterocycles. The first-order valence-corrected chi connectivity index (χ1v) is 10.5. The molecule has 31 heavy (non-hydrogen) atoms. The van der Waals surface area contributed by atoms with Crippen LogP contribution in [0, 0.1) is 6.92 Å². The minimum absolute atomic E-state index is 0.0144. The number of para-hydroxylation sites is 1. The minimum atomic E-state index is -0.620. The Hall–Kier alpha value is -3.36. The number of rotatable bonds is 10. The first kappa shape index (κ1) is 22.3. The normalized spacial score (nSPS) is 11.1. The highest BCUT2D eigenvalue weighted by atomic mass is 16.5. The summed E-state index contributed by atoms with van der Waals surface area (Å²) in [6.45, 7) is 5.04. The van der Waals surface area contributed by atoms with Gasteiger partial charge in [0.1, 0.15) is 11.3 Å². The molecule has 0 radical (unpaired) electrons. The fourth-order valence-corrected chi connectivity index (χ4v) is 3.29. The van der Waals surface area contributed by atoms with Crippen molar-refractivity contribution in [2.45, 2.75) is 46.1 Å². The van der Waals surface area contributed by atoms with Gasteiger partial charge in [0, 0.05) is 20.0 Å². The van der Waals surface area contributed by atoms with Gasteiger partial charge in [-0.25, -0.2) is 4.79 Å². The Balaban J connectivity index is 1.75. The third kappa shape index (κ3) is 5.04. The molecule has 1 N–H and O–H groups in total. The molecule has 0 aliphatic heterocycles. The number of fused-ring (bicyclic) bond motifs is 1. The summed E-state index contributed by atoms with van der Waals surface area (Å²) < 4.78 is 13.6. The van der Waals surface area contributed by atoms with Crippen LogP contribution in [-0.2, 0) is 13.6 Å². The Morgan fingerprint density at radius 1 is 1.03 bits per heavy atom. The molecule has 0 saturated heterocycles. The maximum absolute atomic E-state index is 12.7. The lowest BCUT2D eigenvalue weighted by atomic mass is 10.2. The minimum Gasteiger partial charge on any atom is -0.493 e. The molecule has 0 aliphatic carbocycles. The molecule has 0 atom stereocenters. The van der Waals surface area contributed by atoms with Crippen molar-refractivity contribution in [3.63, 3.8) is 0 Å². The molecule has 0 unspecified atom stereocenters. The summed E-state index contributed by atoms with van der Waals surface area (Å²) >= 11 is 0. The van der Waals surface area contributed by atoms with E-state index in [1.165, 1.54) is 11.6 Å². The number of nitrogens with zero attached hydrogens (tertiary/aromatic N) is 3. The highest BCUT2D eigenvalue weighted by Crippen LogP contribution is 2.16. The Morgan fingerprint density at radius 3 is 2.52 bits per heavy atom. The van der Waals surface area contributed by atoms with Gasteiger partial charge in [-0.15, -0.1) is 0 Å². The second-order valence-electron chi connectivity index (χ2n) is 7.39. The average molecular weight is 428 g/mol. The maximum atomic E-state index is 12.7. The van der Waals surface area contributed by atoms with Crippen LogP contribution in [0.3, 0.4) is 0 Å². The average Bonchev–Trinajstić information content (AvgIpc) is 2.75. The monoisotopic (exact) mass is 428 g/mol. The van der Waals surface area contributed by atoms with Gasteiger partial charge in [-0.1, -0.05) is 38.0 Å². The molecule has 0 bridgehead atoms. The Kier molecular flexibility index (Phi) is 7.28. The van der Waals surface area contributed by atoms with E-state index in [0.29, 0.717) is 19.6 Å². The predicted molar refractivity (Wildman–Crippen MR) is 118 cm³/mol. The molecule has 0 fully saturated rings. The van der Waals surface area contributed by atoms with E-state index in [2.05, 4.69) is 9.97 Å². The second kappa shape index (κ2) is 10.1. The molecule has 3 aromatic rings. The molecule has 3 rings (SSSR count). The first-order chi connectivity index (χ1) is 14.9. The summed E-state index contributed by atoms with van der Waals surface area (Å²) in [4.78, 5) is 44.5. The number of aromatic nitrogens is 4. The van der Waals surface area contributed by atoms with E-state index in [1.54, 1.807) is 0 Å². The van der Waals surface area contributed by atoms with Crippen LogP contribution < -0.4 is 26.3 Å². The number of unbranched alkanes of at least 4 members (excludes halogenated alkanes) is 2. The number of benzene rings is 1. The van der Waals surface area contributed by atoms with E-state index in [4.69, 9.17) is 9.47 Å². The second-order valence-corrected chi connectivity index (χ2v) is 7.39. The smallest absolute Gasteiger partial charge is 0.331 e. The summed E-state index contributed by atoms with van der Waals surface area (Å²) in [6.07, 6.45) is 3.17. The van der Waals surface area contributed by atoms with Gasteiger partial charge in [0.25, 0.3) is 17.1 Å². The molecular formula is C22H28N4O5. The summed E-state index contributed by atoms with van der Waals surface area (Å²) in [7, 11) is 1.38. The number of hydrogen-bond acceptors (Lipinski definition) is 6. The van der Waals surface area contributed by atoms with Crippen LogP contribution in [0.1, 0.15) is 38.2 Å². The number of H-pyrrole nitrogens is 1. The van der Waals surface area contributed by atoms with Crippen molar-refractivity contribution in [2.75, 3.05) is 13.2 Å². The molecule has 0 aliphatic rings. The molecule has 9 heteroatoms. The number of ether oxygens (including phenoxy) is 2. The lowest BCUT2D eigenvalue weighted by Gasteiger charge is -2.12. The zero-order valence-electron chi connectivity index (χ0n) is 18.1. The number of aromatic amines is 1. The van der Waals surface area contributed by atoms with E-state index in [0.717, 1.165) is 35.1 Å². The molecule has 1 aromatic carbocycles. The maximum Gasteiger partial charge on any atom is 0.331 e. The Morgan fingerprint density at radius 2 is 1.77 bits per heavy atom. The molecule has 166 valence electrons. The van der Waals surface area contributed by atoms with Gasteiger partial charge < -0.3 is 9.47 Å². The predicted octanol–water partition coefficient (Wildman–Crippen LogP) is 2.13. The topological polar surface area (TPSA) is 108 Å². The Labute approximate surface area is 179 Å². The highest BCUT2D eigenvalue weighted by molar-refractivity contribution is 5.72. The first-order valence-electron chi connectivity index (χ1n) is 10.5. The lowest BCUT2D eigenvalue weighted by molar-refractivity contribution is 0.235. The van der Waals surface area contributed by atoms with Gasteiger partial charge in [-0.3, -0.25) is 23.7 Å². The van der Waals surface area contributed by atoms with Crippen molar-refractivity contribution in [2.24, 2.45) is 7.05 Å². The van der Waals surface area contributed by atoms with Gasteiger partial charge >= 0.3 is 5.69 Å². The van der Waals surface area contributed by atoms with Crippen LogP contribution in [0.4, 0.5) is 0 Å². The van der Waals surface area contributed by atoms with Crippen LogP contribution in [0.25, 0.3) is 11.0 Å². The lowest BCUT2D eigenvalue weighted by Crippen LogP contribution is -2.41. The summed E-state index contributed by atoms with van der Waals surface area (Å²) in [6, 6.07) is 7.67. The van der Waals surface area contributed by atoms with Gasteiger partial charge in [0.2, 0.25) is 0 Å². The van der Waals surface area contributed by atoms with Crippen LogP contribution >= 0.6 is 0 Å². The van der Waals surface area contributed by atoms with Crippen molar-refractivity contribution in [1.29, 1.82) is 0 Å². The molecular weight excluding hydrogens is 400 g/mol. The zero-order valence-corrected chi connectivity index (χ0v) is 18.1. The third-order valence-corrected chi connectivity index (χ3v) is 5.03. The largest absolute Gasteiger partial charge is 0.493 e. The van der Waals surface area contributed by atoms with Crippen LogP contribution in [-0.4, -0.2) is 32.3 Å². The third-order valence-electron chi connectivity index (χ3n) is 5.03. The molecule has 9 nitrogen and oxygen atoms in total. The van der Waals surface area contributed by atoms with Gasteiger partial charge in [0.15, 0.2) is 5.52 Å². The summed E-state index contributed by atoms with van der Waals surface area (Å²) in [5.41, 5.74) is -0.756. The van der Waals surface area contributed by atoms with Gasteiger partial charge in [-0.05, 0) is 25.0 Å². The van der Waals surface area contributed by atoms with E-state index in [9.17, 15) is 14.4 Å². The zero-order chi connectivity index (χ0) is 22.4. The molecule has 0 saturated carbocycles. The Bertz CT molecular complexity index is 1230. The van der Waals surface area contributed by atoms with Crippen molar-refractivity contribution >= 4 is 11.0 Å². The summed E-state index contributed by atoms with van der Waals surface area (Å²) in [5, 5.41) is 0. The highest BCUT2D eigenvalue weighted by Gasteiger charge is 2.17. The van der Waals surface area contributed by atoms with Crippen molar-refractivity contribution in [3.05, 3.63) is 61.0 Å². The van der Waals surface area contributed by atoms with Crippen molar-refractivity contribution in [3.8, 4) is 11.8 Å². The van der Waals surface area contributed by atoms with E-state index >= 15 is 0 Å². The van der Waals surface area contributed by atoms with E-state index in [-0.39, 0.29) is 23.7 Å². The number of hydrogen-bond donors (Lipinski definition) is 1. The number of nitrogens with one attached hydrogen (secondary N) is 1. The van der Waals surface area contributed by atoms with E-state index in [1.807, 2.05) is 38.1 Å². The van der Waals surface area contributed by atoms with Crippen LogP contribution in [0.15, 0.2) is 38.6 Å². The number of aryl methyl sites for hydroxylation is 2. The van der Waals surface area contributed by atoms with E-state index < -0.39 is 16.8 Å². The van der Waals surface area contributed by atoms with Crippen LogP contribution in [0.2, 0.25) is 0 Å². The molecule has 0 spiro atoms. The van der Waals surface area contributed by atoms with Crippen LogP contribution in [0.5, 0.6) is 11.8 Å². The SMILES string of the molecule is CCCCCn1c(=O)n(C)c(=O)c2nc(OCCCOc3ccccc3C)[nH]c(=O)c21. The van der Waals surface area contributed by atoms with Crippen molar-refractivity contribution in [1.82, 2.24) is 19.1 Å². The standard InChI is InChI=1S/C22H28N4O5/c1-4-5-8-12-26-18-17(20(28)25(3)22(26)29)23-21(24-19(18)27)31-14-9-13-30-16-11-7-6-10-15(16)2/h6-7,10-11H,4-5,8-9,12-14H2,1-3H3,(H,23,24,27).